The summed E-state index contributed by atoms with van der Waals surface area (Å²) < 4.78 is 0. The van der Waals surface area contributed by atoms with Gasteiger partial charge >= 0.3 is 0 Å². The molecule has 0 heterocycles. The van der Waals surface area contributed by atoms with Crippen LogP contribution in [0.2, 0.25) is 0 Å². The van der Waals surface area contributed by atoms with E-state index in [2.05, 4.69) is 81.5 Å². The monoisotopic (exact) mass is 370 g/mol. The molecule has 0 N–H and O–H groups in total. The van der Waals surface area contributed by atoms with Gasteiger partial charge in [-0.05, 0) is 65.0 Å². The molecule has 28 heavy (non-hydrogen) atoms. The van der Waals surface area contributed by atoms with Crippen LogP contribution in [-0.4, -0.2) is 0 Å². The van der Waals surface area contributed by atoms with E-state index >= 15 is 0 Å². The summed E-state index contributed by atoms with van der Waals surface area (Å²) in [5.74, 6) is 1.91. The number of fused-ring (bicyclic) bond motifs is 2. The Bertz CT molecular complexity index is 809. The first-order valence-corrected chi connectivity index (χ1v) is 11.3. The lowest BCUT2D eigenvalue weighted by Crippen LogP contribution is -2.06. The van der Waals surface area contributed by atoms with E-state index in [4.69, 9.17) is 0 Å². The van der Waals surface area contributed by atoms with E-state index in [-0.39, 0.29) is 0 Å². The summed E-state index contributed by atoms with van der Waals surface area (Å²) in [5.41, 5.74) is 9.30. The van der Waals surface area contributed by atoms with Gasteiger partial charge in [-0.3, -0.25) is 0 Å². The molecule has 0 saturated heterocycles. The summed E-state index contributed by atoms with van der Waals surface area (Å²) in [5, 5.41) is 0. The van der Waals surface area contributed by atoms with E-state index in [1.165, 1.54) is 49.7 Å². The zero-order valence-corrected chi connectivity index (χ0v) is 17.7. The molecule has 0 saturated carbocycles. The summed E-state index contributed by atoms with van der Waals surface area (Å²) in [6.07, 6.45) is 12.6. The van der Waals surface area contributed by atoms with Gasteiger partial charge in [0, 0.05) is 11.8 Å². The molecule has 2 aromatic rings. The summed E-state index contributed by atoms with van der Waals surface area (Å²) in [7, 11) is 0. The van der Waals surface area contributed by atoms with Crippen LogP contribution in [0.5, 0.6) is 0 Å². The molecular formula is C28H34. The fourth-order valence-electron chi connectivity index (χ4n) is 5.40. The van der Waals surface area contributed by atoms with Crippen LogP contribution in [0.4, 0.5) is 0 Å². The SMILES string of the molecule is CCCC1=CC(CC(C)CC2C=C(CCC)c3ccccc32)c2ccccc21. The molecule has 4 rings (SSSR count). The number of benzene rings is 2. The number of allylic oxidation sites excluding steroid dienone is 4. The average Bonchev–Trinajstić information content (AvgIpc) is 3.22. The van der Waals surface area contributed by atoms with E-state index in [9.17, 15) is 0 Å². The number of hydrogen-bond acceptors (Lipinski definition) is 0. The van der Waals surface area contributed by atoms with Crippen molar-refractivity contribution in [1.29, 1.82) is 0 Å². The minimum atomic E-state index is 0.600. The fraction of sp³-hybridized carbons (Fsp3) is 0.429. The third-order valence-corrected chi connectivity index (χ3v) is 6.57. The van der Waals surface area contributed by atoms with Crippen LogP contribution in [-0.2, 0) is 0 Å². The van der Waals surface area contributed by atoms with E-state index < -0.39 is 0 Å². The second kappa shape index (κ2) is 8.52. The molecule has 2 atom stereocenters. The lowest BCUT2D eigenvalue weighted by Gasteiger charge is -2.20. The van der Waals surface area contributed by atoms with Gasteiger partial charge in [0.25, 0.3) is 0 Å². The first kappa shape index (κ1) is 19.2. The minimum Gasteiger partial charge on any atom is -0.0732 e. The van der Waals surface area contributed by atoms with E-state index in [0.29, 0.717) is 17.8 Å². The zero-order chi connectivity index (χ0) is 19.5. The van der Waals surface area contributed by atoms with Crippen molar-refractivity contribution in [2.24, 2.45) is 5.92 Å². The highest BCUT2D eigenvalue weighted by molar-refractivity contribution is 5.75. The molecule has 0 aromatic heterocycles. The Balaban J connectivity index is 1.49. The van der Waals surface area contributed by atoms with Gasteiger partial charge in [0.2, 0.25) is 0 Å². The molecule has 0 fully saturated rings. The van der Waals surface area contributed by atoms with E-state index in [1.807, 2.05) is 0 Å². The third-order valence-electron chi connectivity index (χ3n) is 6.57. The maximum Gasteiger partial charge on any atom is 0.00325 e. The van der Waals surface area contributed by atoms with Crippen LogP contribution < -0.4 is 0 Å². The predicted octanol–water partition coefficient (Wildman–Crippen LogP) is 8.36. The summed E-state index contributed by atoms with van der Waals surface area (Å²) in [4.78, 5) is 0. The molecule has 0 spiro atoms. The Morgan fingerprint density at radius 1 is 0.679 bits per heavy atom. The highest BCUT2D eigenvalue weighted by Crippen LogP contribution is 2.45. The van der Waals surface area contributed by atoms with Gasteiger partial charge in [-0.1, -0.05) is 94.3 Å². The quantitative estimate of drug-likeness (QED) is 0.438. The standard InChI is InChI=1S/C28H34/c1-4-10-21-18-23(27-14-8-6-12-25(21)27)16-20(3)17-24-19-22(11-5-2)26-13-7-9-15-28(24)26/h6-9,12-15,18-20,23-24H,4-5,10-11,16-17H2,1-3H3. The fourth-order valence-corrected chi connectivity index (χ4v) is 5.40. The van der Waals surface area contributed by atoms with Crippen LogP contribution in [0.3, 0.4) is 0 Å². The summed E-state index contributed by atoms with van der Waals surface area (Å²) >= 11 is 0. The molecule has 0 heteroatoms. The van der Waals surface area contributed by atoms with E-state index in [0.717, 1.165) is 0 Å². The van der Waals surface area contributed by atoms with E-state index in [1.54, 1.807) is 22.3 Å². The Kier molecular flexibility index (Phi) is 5.85. The van der Waals surface area contributed by atoms with Gasteiger partial charge in [0.1, 0.15) is 0 Å². The number of rotatable bonds is 8. The van der Waals surface area contributed by atoms with Crippen LogP contribution in [0.25, 0.3) is 11.1 Å². The van der Waals surface area contributed by atoms with Gasteiger partial charge < -0.3 is 0 Å². The Morgan fingerprint density at radius 2 is 1.11 bits per heavy atom. The molecule has 0 radical (unpaired) electrons. The van der Waals surface area contributed by atoms with Crippen molar-refractivity contribution in [2.45, 2.75) is 71.1 Å². The minimum absolute atomic E-state index is 0.600. The predicted molar refractivity (Wildman–Crippen MR) is 123 cm³/mol. The van der Waals surface area contributed by atoms with Crippen LogP contribution >= 0.6 is 0 Å². The second-order valence-corrected chi connectivity index (χ2v) is 8.85. The van der Waals surface area contributed by atoms with Crippen LogP contribution in [0.1, 0.15) is 93.4 Å². The largest absolute Gasteiger partial charge is 0.0732 e. The molecular weight excluding hydrogens is 336 g/mol. The lowest BCUT2D eigenvalue weighted by atomic mass is 9.84. The van der Waals surface area contributed by atoms with Gasteiger partial charge in [-0.2, -0.15) is 0 Å². The first-order valence-electron chi connectivity index (χ1n) is 11.3. The molecule has 0 amide bonds. The van der Waals surface area contributed by atoms with Gasteiger partial charge in [-0.25, -0.2) is 0 Å². The summed E-state index contributed by atoms with van der Waals surface area (Å²) in [6.45, 7) is 7.04. The molecule has 2 aliphatic rings. The molecule has 2 aliphatic carbocycles. The highest BCUT2D eigenvalue weighted by Gasteiger charge is 2.27. The van der Waals surface area contributed by atoms with Crippen LogP contribution in [0, 0.1) is 5.92 Å². The van der Waals surface area contributed by atoms with Crippen molar-refractivity contribution in [3.8, 4) is 0 Å². The summed E-state index contributed by atoms with van der Waals surface area (Å²) in [6, 6.07) is 18.2. The molecule has 146 valence electrons. The maximum absolute atomic E-state index is 2.58. The lowest BCUT2D eigenvalue weighted by molar-refractivity contribution is 0.454. The molecule has 0 bridgehead atoms. The smallest absolute Gasteiger partial charge is 0.00325 e. The average molecular weight is 371 g/mol. The van der Waals surface area contributed by atoms with Gasteiger partial charge in [0.05, 0.1) is 0 Å². The topological polar surface area (TPSA) is 0 Å². The Labute approximate surface area is 171 Å². The van der Waals surface area contributed by atoms with Gasteiger partial charge in [-0.15, -0.1) is 0 Å². The van der Waals surface area contributed by atoms with Crippen molar-refractivity contribution in [2.75, 3.05) is 0 Å². The normalized spacial score (nSPS) is 21.1. The van der Waals surface area contributed by atoms with Crippen molar-refractivity contribution in [1.82, 2.24) is 0 Å². The molecule has 2 unspecified atom stereocenters. The van der Waals surface area contributed by atoms with Crippen molar-refractivity contribution in [3.63, 3.8) is 0 Å². The van der Waals surface area contributed by atoms with Gasteiger partial charge in [0.15, 0.2) is 0 Å². The Morgan fingerprint density at radius 3 is 1.54 bits per heavy atom. The maximum atomic E-state index is 2.58. The molecule has 2 aromatic carbocycles. The van der Waals surface area contributed by atoms with Crippen molar-refractivity contribution in [3.05, 3.63) is 82.9 Å². The second-order valence-electron chi connectivity index (χ2n) is 8.85. The first-order chi connectivity index (χ1) is 13.7. The third kappa shape index (κ3) is 3.75. The van der Waals surface area contributed by atoms with Crippen LogP contribution in [0.15, 0.2) is 60.7 Å². The van der Waals surface area contributed by atoms with Crippen molar-refractivity contribution >= 4 is 11.1 Å². The van der Waals surface area contributed by atoms with Crippen molar-refractivity contribution < 1.29 is 0 Å². The highest BCUT2D eigenvalue weighted by atomic mass is 14.3. The zero-order valence-electron chi connectivity index (χ0n) is 17.7. The molecule has 0 nitrogen and oxygen atoms in total. The molecule has 0 aliphatic heterocycles. The number of hydrogen-bond donors (Lipinski definition) is 0. The Hall–Kier alpha value is -2.08.